The predicted octanol–water partition coefficient (Wildman–Crippen LogP) is 1.69. The number of hydrogen-bond donors (Lipinski definition) is 1. The van der Waals surface area contributed by atoms with Gasteiger partial charge in [-0.05, 0) is 25.2 Å². The van der Waals surface area contributed by atoms with Gasteiger partial charge < -0.3 is 10.6 Å². The Hall–Kier alpha value is -0.900. The topological polar surface area (TPSA) is 64.7 Å². The molecule has 0 amide bonds. The number of nitrogens with zero attached hydrogens (tertiary/aromatic N) is 1. The minimum absolute atomic E-state index is 0.291. The van der Waals surface area contributed by atoms with Crippen molar-refractivity contribution in [3.8, 4) is 0 Å². The molecule has 0 spiro atoms. The second kappa shape index (κ2) is 7.50. The molecule has 14 heavy (non-hydrogen) atoms. The van der Waals surface area contributed by atoms with Crippen molar-refractivity contribution < 1.29 is 9.63 Å². The molecular weight excluding hydrogens is 180 g/mol. The molecule has 1 fully saturated rings. The van der Waals surface area contributed by atoms with E-state index >= 15 is 0 Å². The van der Waals surface area contributed by atoms with Gasteiger partial charge in [-0.1, -0.05) is 19.0 Å². The lowest BCUT2D eigenvalue weighted by Gasteiger charge is -1.99. The Bertz CT molecular complexity index is 193. The van der Waals surface area contributed by atoms with Crippen LogP contribution in [0.15, 0.2) is 5.16 Å². The van der Waals surface area contributed by atoms with Gasteiger partial charge in [-0.3, -0.25) is 0 Å². The summed E-state index contributed by atoms with van der Waals surface area (Å²) in [4.78, 5) is 14.7. The molecule has 0 aromatic carbocycles. The Morgan fingerprint density at radius 3 is 2.57 bits per heavy atom. The third kappa shape index (κ3) is 5.70. The Kier molecular flexibility index (Phi) is 7.02. The van der Waals surface area contributed by atoms with E-state index in [0.717, 1.165) is 19.3 Å². The number of carbonyl (C=O) groups is 1. The molecule has 2 N–H and O–H groups in total. The zero-order chi connectivity index (χ0) is 11.0. The van der Waals surface area contributed by atoms with Crippen molar-refractivity contribution in [1.29, 1.82) is 0 Å². The smallest absolute Gasteiger partial charge is 0.328 e. The zero-order valence-electron chi connectivity index (χ0n) is 9.19. The maximum absolute atomic E-state index is 10.3. The van der Waals surface area contributed by atoms with E-state index in [2.05, 4.69) is 9.99 Å². The van der Waals surface area contributed by atoms with E-state index in [1.165, 1.54) is 6.92 Å². The first kappa shape index (κ1) is 13.1. The van der Waals surface area contributed by atoms with Gasteiger partial charge in [0.1, 0.15) is 0 Å². The van der Waals surface area contributed by atoms with E-state index in [-0.39, 0.29) is 5.97 Å². The van der Waals surface area contributed by atoms with Gasteiger partial charge in [0, 0.05) is 19.2 Å². The van der Waals surface area contributed by atoms with E-state index in [1.54, 1.807) is 6.21 Å². The van der Waals surface area contributed by atoms with E-state index < -0.39 is 0 Å². The van der Waals surface area contributed by atoms with Gasteiger partial charge in [0.2, 0.25) is 0 Å². The summed E-state index contributed by atoms with van der Waals surface area (Å²) in [6.07, 6.45) is 4.71. The van der Waals surface area contributed by atoms with Crippen LogP contribution in [-0.4, -0.2) is 18.2 Å². The lowest BCUT2D eigenvalue weighted by atomic mass is 10.1. The normalized spacial score (nSPS) is 25.7. The van der Waals surface area contributed by atoms with E-state index in [0.29, 0.717) is 12.0 Å². The van der Waals surface area contributed by atoms with E-state index in [4.69, 9.17) is 5.73 Å². The number of hydrogen-bond acceptors (Lipinski definition) is 4. The van der Waals surface area contributed by atoms with Crippen LogP contribution in [0.2, 0.25) is 0 Å². The molecule has 4 heteroatoms. The molecule has 0 saturated heterocycles. The first-order valence-electron chi connectivity index (χ1n) is 5.15. The minimum atomic E-state index is -0.381. The Labute approximate surface area is 85.5 Å². The monoisotopic (exact) mass is 200 g/mol. The van der Waals surface area contributed by atoms with Gasteiger partial charge in [0.05, 0.1) is 0 Å². The van der Waals surface area contributed by atoms with Crippen LogP contribution in [0.25, 0.3) is 0 Å². The van der Waals surface area contributed by atoms with Crippen LogP contribution in [-0.2, 0) is 9.63 Å². The zero-order valence-corrected chi connectivity index (χ0v) is 9.19. The van der Waals surface area contributed by atoms with Crippen molar-refractivity contribution in [2.45, 2.75) is 46.1 Å². The maximum Gasteiger partial charge on any atom is 0.331 e. The maximum atomic E-state index is 10.3. The van der Waals surface area contributed by atoms with Crippen molar-refractivity contribution in [2.24, 2.45) is 16.8 Å². The van der Waals surface area contributed by atoms with Crippen LogP contribution in [0, 0.1) is 5.92 Å². The quantitative estimate of drug-likeness (QED) is 0.419. The van der Waals surface area contributed by atoms with Crippen LogP contribution in [0.5, 0.6) is 0 Å². The molecule has 0 aromatic rings. The molecule has 2 unspecified atom stereocenters. The first-order valence-corrected chi connectivity index (χ1v) is 5.15. The summed E-state index contributed by atoms with van der Waals surface area (Å²) in [7, 11) is 0. The van der Waals surface area contributed by atoms with Crippen LogP contribution < -0.4 is 5.73 Å². The van der Waals surface area contributed by atoms with Gasteiger partial charge in [0.25, 0.3) is 0 Å². The highest BCUT2D eigenvalue weighted by Crippen LogP contribution is 2.22. The highest BCUT2D eigenvalue weighted by atomic mass is 16.7. The molecule has 1 aliphatic rings. The molecule has 0 heterocycles. The van der Waals surface area contributed by atoms with Crippen molar-refractivity contribution in [3.63, 3.8) is 0 Å². The Morgan fingerprint density at radius 2 is 2.14 bits per heavy atom. The average molecular weight is 200 g/mol. The fourth-order valence-corrected chi connectivity index (χ4v) is 1.38. The molecule has 1 saturated carbocycles. The standard InChI is InChI=1S/C8H14N2O2.C2H6/c1-6(11)12-10-5-7-2-3-8(9)4-7;1-2/h5,7-8H,2-4,9H2,1H3;1-2H3/b10-5-;. The van der Waals surface area contributed by atoms with Gasteiger partial charge in [-0.2, -0.15) is 0 Å². The summed E-state index contributed by atoms with van der Waals surface area (Å²) in [5.41, 5.74) is 5.69. The Morgan fingerprint density at radius 1 is 1.50 bits per heavy atom. The molecular formula is C10H20N2O2. The summed E-state index contributed by atoms with van der Waals surface area (Å²) >= 11 is 0. The molecule has 0 aromatic heterocycles. The third-order valence-corrected chi connectivity index (χ3v) is 1.97. The third-order valence-electron chi connectivity index (χ3n) is 1.97. The van der Waals surface area contributed by atoms with Crippen molar-refractivity contribution >= 4 is 12.2 Å². The van der Waals surface area contributed by atoms with Crippen LogP contribution in [0.3, 0.4) is 0 Å². The fraction of sp³-hybridized carbons (Fsp3) is 0.800. The summed E-state index contributed by atoms with van der Waals surface area (Å²) in [6, 6.07) is 0.291. The van der Waals surface area contributed by atoms with Crippen LogP contribution in [0.1, 0.15) is 40.0 Å². The summed E-state index contributed by atoms with van der Waals surface area (Å²) in [5.74, 6) is 0.00731. The SMILES string of the molecule is CC.CC(=O)O/N=C\C1CCC(N)C1. The lowest BCUT2D eigenvalue weighted by Crippen LogP contribution is -2.15. The number of carbonyl (C=O) groups excluding carboxylic acids is 1. The number of rotatable bonds is 2. The molecule has 82 valence electrons. The summed E-state index contributed by atoms with van der Waals surface area (Å²) < 4.78 is 0. The summed E-state index contributed by atoms with van der Waals surface area (Å²) in [5, 5.41) is 3.56. The lowest BCUT2D eigenvalue weighted by molar-refractivity contribution is -0.140. The van der Waals surface area contributed by atoms with Crippen LogP contribution >= 0.6 is 0 Å². The molecule has 0 radical (unpaired) electrons. The van der Waals surface area contributed by atoms with Crippen molar-refractivity contribution in [1.82, 2.24) is 0 Å². The van der Waals surface area contributed by atoms with Crippen molar-refractivity contribution in [2.75, 3.05) is 0 Å². The van der Waals surface area contributed by atoms with Crippen LogP contribution in [0.4, 0.5) is 0 Å². The molecule has 1 aliphatic carbocycles. The molecule has 0 bridgehead atoms. The van der Waals surface area contributed by atoms with Gasteiger partial charge in [-0.15, -0.1) is 0 Å². The highest BCUT2D eigenvalue weighted by molar-refractivity contribution is 5.67. The average Bonchev–Trinajstić information content (AvgIpc) is 2.54. The first-order chi connectivity index (χ1) is 6.68. The molecule has 4 nitrogen and oxygen atoms in total. The van der Waals surface area contributed by atoms with Gasteiger partial charge >= 0.3 is 5.97 Å². The Balaban J connectivity index is 0.000000791. The largest absolute Gasteiger partial charge is 0.331 e. The van der Waals surface area contributed by atoms with E-state index in [1.807, 2.05) is 13.8 Å². The number of oxime groups is 1. The second-order valence-corrected chi connectivity index (χ2v) is 3.17. The predicted molar refractivity (Wildman–Crippen MR) is 56.9 cm³/mol. The molecule has 1 rings (SSSR count). The molecule has 0 aliphatic heterocycles. The fourth-order valence-electron chi connectivity index (χ4n) is 1.38. The molecule has 2 atom stereocenters. The second-order valence-electron chi connectivity index (χ2n) is 3.17. The summed E-state index contributed by atoms with van der Waals surface area (Å²) in [6.45, 7) is 5.33. The minimum Gasteiger partial charge on any atom is -0.328 e. The van der Waals surface area contributed by atoms with E-state index in [9.17, 15) is 4.79 Å². The van der Waals surface area contributed by atoms with Crippen molar-refractivity contribution in [3.05, 3.63) is 0 Å². The highest BCUT2D eigenvalue weighted by Gasteiger charge is 2.19. The van der Waals surface area contributed by atoms with Gasteiger partial charge in [-0.25, -0.2) is 4.79 Å². The number of nitrogens with two attached hydrogens (primary N) is 1. The van der Waals surface area contributed by atoms with Gasteiger partial charge in [0.15, 0.2) is 0 Å².